The Morgan fingerprint density at radius 3 is 3.00 bits per heavy atom. The molecule has 5 heteroatoms. The van der Waals surface area contributed by atoms with Gasteiger partial charge < -0.3 is 10.1 Å². The normalized spacial score (nSPS) is 18.7. The number of hydrogen-bond donors (Lipinski definition) is 1. The Kier molecular flexibility index (Phi) is 5.88. The fourth-order valence-electron chi connectivity index (χ4n) is 2.76. The van der Waals surface area contributed by atoms with Gasteiger partial charge in [-0.05, 0) is 43.5 Å². The molecule has 21 heavy (non-hydrogen) atoms. The summed E-state index contributed by atoms with van der Waals surface area (Å²) < 4.78 is 5.44. The average Bonchev–Trinajstić information content (AvgIpc) is 2.89. The van der Waals surface area contributed by atoms with Crippen molar-refractivity contribution in [2.75, 3.05) is 26.7 Å². The first-order chi connectivity index (χ1) is 10.1. The number of nitrogens with one attached hydrogen (secondary N) is 1. The molecule has 0 spiro atoms. The molecule has 116 valence electrons. The van der Waals surface area contributed by atoms with Crippen LogP contribution in [0.15, 0.2) is 18.2 Å². The predicted octanol–water partition coefficient (Wildman–Crippen LogP) is 2.70. The lowest BCUT2D eigenvalue weighted by molar-refractivity contribution is -0.121. The lowest BCUT2D eigenvalue weighted by atomic mass is 10.0. The topological polar surface area (TPSA) is 41.6 Å². The van der Waals surface area contributed by atoms with Crippen molar-refractivity contribution in [3.8, 4) is 5.75 Å². The molecule has 0 bridgehead atoms. The molecule has 1 heterocycles. The molecule has 1 unspecified atom stereocenters. The van der Waals surface area contributed by atoms with Crippen LogP contribution in [0.2, 0.25) is 5.02 Å². The number of amides is 1. The molecule has 1 amide bonds. The third-order valence-electron chi connectivity index (χ3n) is 3.83. The van der Waals surface area contributed by atoms with Crippen LogP contribution in [-0.2, 0) is 11.3 Å². The Balaban J connectivity index is 1.88. The summed E-state index contributed by atoms with van der Waals surface area (Å²) >= 11 is 6.21. The number of nitrogens with zero attached hydrogens (tertiary/aromatic N) is 1. The molecule has 2 rings (SSSR count). The number of carbonyl (C=O) groups is 1. The lowest BCUT2D eigenvalue weighted by Crippen LogP contribution is -2.24. The highest BCUT2D eigenvalue weighted by Gasteiger charge is 2.24. The maximum Gasteiger partial charge on any atom is 0.220 e. The van der Waals surface area contributed by atoms with Crippen molar-refractivity contribution in [1.82, 2.24) is 10.2 Å². The molecule has 0 aromatic heterocycles. The molecular weight excluding hydrogens is 288 g/mol. The maximum atomic E-state index is 11.4. The number of hydrogen-bond acceptors (Lipinski definition) is 3. The van der Waals surface area contributed by atoms with Crippen LogP contribution in [0, 0.1) is 5.92 Å². The summed E-state index contributed by atoms with van der Waals surface area (Å²) in [7, 11) is 1.69. The molecule has 1 atom stereocenters. The van der Waals surface area contributed by atoms with Crippen molar-refractivity contribution in [1.29, 1.82) is 0 Å². The highest BCUT2D eigenvalue weighted by Crippen LogP contribution is 2.27. The van der Waals surface area contributed by atoms with Crippen LogP contribution in [0.5, 0.6) is 5.75 Å². The Morgan fingerprint density at radius 1 is 1.52 bits per heavy atom. The summed E-state index contributed by atoms with van der Waals surface area (Å²) in [5, 5.41) is 3.36. The van der Waals surface area contributed by atoms with E-state index >= 15 is 0 Å². The quantitative estimate of drug-likeness (QED) is 0.878. The van der Waals surface area contributed by atoms with E-state index in [1.165, 1.54) is 5.56 Å². The van der Waals surface area contributed by atoms with Crippen LogP contribution in [0.3, 0.4) is 0 Å². The van der Waals surface area contributed by atoms with E-state index in [1.807, 2.05) is 19.1 Å². The van der Waals surface area contributed by atoms with Crippen molar-refractivity contribution in [3.63, 3.8) is 0 Å². The van der Waals surface area contributed by atoms with Gasteiger partial charge >= 0.3 is 0 Å². The van der Waals surface area contributed by atoms with Gasteiger partial charge in [0, 0.05) is 26.6 Å². The van der Waals surface area contributed by atoms with E-state index in [1.54, 1.807) is 7.05 Å². The third kappa shape index (κ3) is 4.61. The summed E-state index contributed by atoms with van der Waals surface area (Å²) in [5.74, 6) is 1.33. The number of ether oxygens (including phenoxy) is 1. The highest BCUT2D eigenvalue weighted by molar-refractivity contribution is 6.32. The standard InChI is InChI=1S/C16H23ClN2O2/c1-3-21-15-5-4-12(8-14(15)17)10-19-7-6-13(11-19)9-16(20)18-2/h4-5,8,13H,3,6-7,9-11H2,1-2H3,(H,18,20). The van der Waals surface area contributed by atoms with E-state index in [9.17, 15) is 4.79 Å². The second-order valence-electron chi connectivity index (χ2n) is 5.46. The first kappa shape index (κ1) is 16.1. The van der Waals surface area contributed by atoms with E-state index in [2.05, 4.69) is 16.3 Å². The minimum atomic E-state index is 0.131. The number of benzene rings is 1. The van der Waals surface area contributed by atoms with Crippen LogP contribution in [0.4, 0.5) is 0 Å². The third-order valence-corrected chi connectivity index (χ3v) is 4.12. The van der Waals surface area contributed by atoms with Gasteiger partial charge in [0.05, 0.1) is 11.6 Å². The van der Waals surface area contributed by atoms with Crippen LogP contribution in [-0.4, -0.2) is 37.6 Å². The van der Waals surface area contributed by atoms with Crippen LogP contribution < -0.4 is 10.1 Å². The van der Waals surface area contributed by atoms with Gasteiger partial charge in [-0.3, -0.25) is 9.69 Å². The van der Waals surface area contributed by atoms with Gasteiger partial charge in [-0.15, -0.1) is 0 Å². The van der Waals surface area contributed by atoms with Gasteiger partial charge in [0.2, 0.25) is 5.91 Å². The van der Waals surface area contributed by atoms with Gasteiger partial charge in [-0.25, -0.2) is 0 Å². The van der Waals surface area contributed by atoms with E-state index in [4.69, 9.17) is 16.3 Å². The molecule has 1 aliphatic heterocycles. The Labute approximate surface area is 131 Å². The summed E-state index contributed by atoms with van der Waals surface area (Å²) in [5.41, 5.74) is 1.18. The second kappa shape index (κ2) is 7.66. The molecule has 1 aromatic carbocycles. The number of halogens is 1. The fraction of sp³-hybridized carbons (Fsp3) is 0.562. The van der Waals surface area contributed by atoms with Crippen molar-refractivity contribution >= 4 is 17.5 Å². The van der Waals surface area contributed by atoms with E-state index in [0.717, 1.165) is 31.8 Å². The van der Waals surface area contributed by atoms with Crippen LogP contribution >= 0.6 is 11.6 Å². The first-order valence-corrected chi connectivity index (χ1v) is 7.84. The number of carbonyl (C=O) groups excluding carboxylic acids is 1. The Hall–Kier alpha value is -1.26. The lowest BCUT2D eigenvalue weighted by Gasteiger charge is -2.16. The molecular formula is C16H23ClN2O2. The Bertz CT molecular complexity index is 493. The molecule has 0 radical (unpaired) electrons. The molecule has 4 nitrogen and oxygen atoms in total. The van der Waals surface area contributed by atoms with Crippen LogP contribution in [0.25, 0.3) is 0 Å². The largest absolute Gasteiger partial charge is 0.492 e. The number of likely N-dealkylation sites (tertiary alicyclic amines) is 1. The summed E-state index contributed by atoms with van der Waals surface area (Å²) in [6.45, 7) is 5.44. The number of rotatable bonds is 6. The average molecular weight is 311 g/mol. The molecule has 1 N–H and O–H groups in total. The highest BCUT2D eigenvalue weighted by atomic mass is 35.5. The maximum absolute atomic E-state index is 11.4. The smallest absolute Gasteiger partial charge is 0.220 e. The van der Waals surface area contributed by atoms with Gasteiger partial charge in [0.25, 0.3) is 0 Å². The minimum Gasteiger partial charge on any atom is -0.492 e. The monoisotopic (exact) mass is 310 g/mol. The van der Waals surface area contributed by atoms with Gasteiger partial charge in [-0.2, -0.15) is 0 Å². The van der Waals surface area contributed by atoms with E-state index < -0.39 is 0 Å². The van der Waals surface area contributed by atoms with Gasteiger partial charge in [-0.1, -0.05) is 17.7 Å². The minimum absolute atomic E-state index is 0.131. The van der Waals surface area contributed by atoms with Gasteiger partial charge in [0.1, 0.15) is 5.75 Å². The summed E-state index contributed by atoms with van der Waals surface area (Å²) in [6.07, 6.45) is 1.70. The zero-order valence-corrected chi connectivity index (χ0v) is 13.4. The molecule has 1 aliphatic rings. The zero-order valence-electron chi connectivity index (χ0n) is 12.7. The van der Waals surface area contributed by atoms with Crippen molar-refractivity contribution in [2.45, 2.75) is 26.3 Å². The van der Waals surface area contributed by atoms with Crippen molar-refractivity contribution < 1.29 is 9.53 Å². The molecule has 1 fully saturated rings. The zero-order chi connectivity index (χ0) is 15.2. The summed E-state index contributed by atoms with van der Waals surface area (Å²) in [6, 6.07) is 5.96. The molecule has 1 saturated heterocycles. The fourth-order valence-corrected chi connectivity index (χ4v) is 3.02. The van der Waals surface area contributed by atoms with E-state index in [-0.39, 0.29) is 5.91 Å². The molecule has 1 aromatic rings. The Morgan fingerprint density at radius 2 is 2.33 bits per heavy atom. The van der Waals surface area contributed by atoms with Crippen molar-refractivity contribution in [2.24, 2.45) is 5.92 Å². The first-order valence-electron chi connectivity index (χ1n) is 7.46. The predicted molar refractivity (Wildman–Crippen MR) is 84.7 cm³/mol. The SMILES string of the molecule is CCOc1ccc(CN2CCC(CC(=O)NC)C2)cc1Cl. The molecule has 0 aliphatic carbocycles. The summed E-state index contributed by atoms with van der Waals surface area (Å²) in [4.78, 5) is 13.8. The van der Waals surface area contributed by atoms with Crippen molar-refractivity contribution in [3.05, 3.63) is 28.8 Å². The van der Waals surface area contributed by atoms with Crippen LogP contribution in [0.1, 0.15) is 25.3 Å². The second-order valence-corrected chi connectivity index (χ2v) is 5.87. The molecule has 0 saturated carbocycles. The van der Waals surface area contributed by atoms with Gasteiger partial charge in [0.15, 0.2) is 0 Å². The van der Waals surface area contributed by atoms with E-state index in [0.29, 0.717) is 24.0 Å².